The van der Waals surface area contributed by atoms with Crippen molar-refractivity contribution in [3.63, 3.8) is 0 Å². The molecule has 1 unspecified atom stereocenters. The zero-order valence-corrected chi connectivity index (χ0v) is 9.36. The fourth-order valence-corrected chi connectivity index (χ4v) is 1.47. The summed E-state index contributed by atoms with van der Waals surface area (Å²) in [6.45, 7) is 5.52. The van der Waals surface area contributed by atoms with Gasteiger partial charge in [0.1, 0.15) is 12.4 Å². The first-order valence-electron chi connectivity index (χ1n) is 5.38. The molecule has 0 bridgehead atoms. The van der Waals surface area contributed by atoms with E-state index in [1.807, 2.05) is 0 Å². The Hall–Kier alpha value is -1.09. The van der Waals surface area contributed by atoms with Gasteiger partial charge < -0.3 is 9.15 Å². The van der Waals surface area contributed by atoms with E-state index in [-0.39, 0.29) is 0 Å². The highest BCUT2D eigenvalue weighted by Crippen LogP contribution is 2.10. The van der Waals surface area contributed by atoms with Crippen LogP contribution in [0.15, 0.2) is 16.5 Å². The molecule has 0 N–H and O–H groups in total. The van der Waals surface area contributed by atoms with Crippen LogP contribution in [0.2, 0.25) is 0 Å². The topological polar surface area (TPSA) is 39.4 Å². The molecular weight excluding hydrogens is 192 g/mol. The minimum Gasteiger partial charge on any atom is -0.456 e. The van der Waals surface area contributed by atoms with Gasteiger partial charge in [-0.15, -0.1) is 0 Å². The second kappa shape index (κ2) is 6.40. The number of furan rings is 1. The van der Waals surface area contributed by atoms with Crippen LogP contribution in [0.25, 0.3) is 0 Å². The third-order valence-corrected chi connectivity index (χ3v) is 2.23. The first-order valence-corrected chi connectivity index (χ1v) is 5.38. The lowest BCUT2D eigenvalue weighted by molar-refractivity contribution is 0.0766. The predicted molar refractivity (Wildman–Crippen MR) is 57.8 cm³/mol. The molecule has 3 nitrogen and oxygen atoms in total. The minimum atomic E-state index is 0.357. The van der Waals surface area contributed by atoms with Crippen LogP contribution < -0.4 is 0 Å². The van der Waals surface area contributed by atoms with E-state index in [4.69, 9.17) is 9.15 Å². The van der Waals surface area contributed by atoms with Crippen LogP contribution in [-0.2, 0) is 11.3 Å². The highest BCUT2D eigenvalue weighted by Gasteiger charge is 2.03. The molecule has 1 heterocycles. The molecule has 0 radical (unpaired) electrons. The van der Waals surface area contributed by atoms with Crippen LogP contribution >= 0.6 is 0 Å². The van der Waals surface area contributed by atoms with Gasteiger partial charge in [-0.3, -0.25) is 4.79 Å². The zero-order valence-electron chi connectivity index (χ0n) is 9.36. The first-order chi connectivity index (χ1) is 7.26. The molecule has 0 amide bonds. The zero-order chi connectivity index (χ0) is 11.1. The number of aldehydes is 1. The SMILES string of the molecule is CCCC(C)COCc1ccc(C=O)o1. The molecule has 0 fully saturated rings. The number of carbonyl (C=O) groups is 1. The molecule has 1 aromatic heterocycles. The van der Waals surface area contributed by atoms with Gasteiger partial charge in [-0.05, 0) is 24.5 Å². The number of ether oxygens (including phenoxy) is 1. The van der Waals surface area contributed by atoms with Gasteiger partial charge in [0.15, 0.2) is 12.0 Å². The number of carbonyl (C=O) groups excluding carboxylic acids is 1. The summed E-state index contributed by atoms with van der Waals surface area (Å²) in [7, 11) is 0. The van der Waals surface area contributed by atoms with E-state index in [0.717, 1.165) is 6.61 Å². The van der Waals surface area contributed by atoms with Gasteiger partial charge in [0.05, 0.1) is 0 Å². The fourth-order valence-electron chi connectivity index (χ4n) is 1.47. The molecule has 0 aliphatic carbocycles. The van der Waals surface area contributed by atoms with Crippen LogP contribution in [0.1, 0.15) is 43.0 Å². The minimum absolute atomic E-state index is 0.357. The van der Waals surface area contributed by atoms with Gasteiger partial charge in [0, 0.05) is 6.61 Å². The molecular formula is C12H18O3. The largest absolute Gasteiger partial charge is 0.456 e. The predicted octanol–water partition coefficient (Wildman–Crippen LogP) is 3.04. The van der Waals surface area contributed by atoms with E-state index in [0.29, 0.717) is 30.3 Å². The molecule has 3 heteroatoms. The maximum atomic E-state index is 10.4. The monoisotopic (exact) mass is 210 g/mol. The first kappa shape index (κ1) is 12.0. The van der Waals surface area contributed by atoms with Gasteiger partial charge in [-0.25, -0.2) is 0 Å². The summed E-state index contributed by atoms with van der Waals surface area (Å²) in [5.41, 5.74) is 0. The Balaban J connectivity index is 2.22. The normalized spacial score (nSPS) is 12.7. The summed E-state index contributed by atoms with van der Waals surface area (Å²) in [6.07, 6.45) is 3.06. The Morgan fingerprint density at radius 2 is 2.33 bits per heavy atom. The summed E-state index contributed by atoms with van der Waals surface area (Å²) >= 11 is 0. The van der Waals surface area contributed by atoms with Crippen molar-refractivity contribution in [2.24, 2.45) is 5.92 Å². The van der Waals surface area contributed by atoms with Crippen molar-refractivity contribution in [1.29, 1.82) is 0 Å². The van der Waals surface area contributed by atoms with Crippen molar-refractivity contribution in [2.45, 2.75) is 33.3 Å². The third kappa shape index (κ3) is 4.30. The van der Waals surface area contributed by atoms with Gasteiger partial charge in [0.2, 0.25) is 0 Å². The van der Waals surface area contributed by atoms with Crippen molar-refractivity contribution in [2.75, 3.05) is 6.61 Å². The van der Waals surface area contributed by atoms with Crippen molar-refractivity contribution >= 4 is 6.29 Å². The maximum Gasteiger partial charge on any atom is 0.185 e. The van der Waals surface area contributed by atoms with Crippen molar-refractivity contribution in [3.05, 3.63) is 23.7 Å². The van der Waals surface area contributed by atoms with Gasteiger partial charge >= 0.3 is 0 Å². The van der Waals surface area contributed by atoms with Gasteiger partial charge in [-0.1, -0.05) is 20.3 Å². The van der Waals surface area contributed by atoms with E-state index in [2.05, 4.69) is 13.8 Å². The second-order valence-electron chi connectivity index (χ2n) is 3.83. The lowest BCUT2D eigenvalue weighted by Gasteiger charge is -2.09. The van der Waals surface area contributed by atoms with Crippen LogP contribution in [-0.4, -0.2) is 12.9 Å². The molecule has 0 aliphatic rings. The molecule has 84 valence electrons. The molecule has 0 spiro atoms. The average Bonchev–Trinajstić information content (AvgIpc) is 2.66. The molecule has 15 heavy (non-hydrogen) atoms. The lowest BCUT2D eigenvalue weighted by atomic mass is 10.1. The second-order valence-corrected chi connectivity index (χ2v) is 3.83. The summed E-state index contributed by atoms with van der Waals surface area (Å²) in [4.78, 5) is 10.4. The Morgan fingerprint density at radius 1 is 1.53 bits per heavy atom. The van der Waals surface area contributed by atoms with Crippen LogP contribution in [0.4, 0.5) is 0 Å². The molecule has 0 aliphatic heterocycles. The van der Waals surface area contributed by atoms with Crippen molar-refractivity contribution in [1.82, 2.24) is 0 Å². The lowest BCUT2D eigenvalue weighted by Crippen LogP contribution is -2.05. The molecule has 1 aromatic rings. The summed E-state index contributed by atoms with van der Waals surface area (Å²) in [6, 6.07) is 3.43. The standard InChI is InChI=1S/C12H18O3/c1-3-4-10(2)8-14-9-12-6-5-11(7-13)15-12/h5-7,10H,3-4,8-9H2,1-2H3. The van der Waals surface area contributed by atoms with E-state index in [1.54, 1.807) is 12.1 Å². The van der Waals surface area contributed by atoms with Crippen molar-refractivity contribution in [3.8, 4) is 0 Å². The van der Waals surface area contributed by atoms with Crippen LogP contribution in [0, 0.1) is 5.92 Å². The highest BCUT2D eigenvalue weighted by molar-refractivity contribution is 5.70. The number of rotatable bonds is 7. The molecule has 0 saturated heterocycles. The van der Waals surface area contributed by atoms with Crippen LogP contribution in [0.3, 0.4) is 0 Å². The van der Waals surface area contributed by atoms with E-state index in [1.165, 1.54) is 12.8 Å². The molecule has 0 saturated carbocycles. The Morgan fingerprint density at radius 3 is 2.93 bits per heavy atom. The molecule has 1 atom stereocenters. The Kier molecular flexibility index (Phi) is 5.12. The molecule has 0 aromatic carbocycles. The summed E-state index contributed by atoms with van der Waals surface area (Å²) < 4.78 is 10.7. The quantitative estimate of drug-likeness (QED) is 0.649. The Bertz CT molecular complexity index is 291. The maximum absolute atomic E-state index is 10.4. The number of hydrogen-bond acceptors (Lipinski definition) is 3. The van der Waals surface area contributed by atoms with Gasteiger partial charge in [-0.2, -0.15) is 0 Å². The van der Waals surface area contributed by atoms with Gasteiger partial charge in [0.25, 0.3) is 0 Å². The number of hydrogen-bond donors (Lipinski definition) is 0. The van der Waals surface area contributed by atoms with Crippen molar-refractivity contribution < 1.29 is 13.9 Å². The van der Waals surface area contributed by atoms with E-state index < -0.39 is 0 Å². The highest BCUT2D eigenvalue weighted by atomic mass is 16.5. The third-order valence-electron chi connectivity index (χ3n) is 2.23. The average molecular weight is 210 g/mol. The summed E-state index contributed by atoms with van der Waals surface area (Å²) in [5.74, 6) is 1.64. The van der Waals surface area contributed by atoms with Crippen LogP contribution in [0.5, 0.6) is 0 Å². The molecule has 1 rings (SSSR count). The van der Waals surface area contributed by atoms with E-state index in [9.17, 15) is 4.79 Å². The fraction of sp³-hybridized carbons (Fsp3) is 0.583. The van der Waals surface area contributed by atoms with E-state index >= 15 is 0 Å². The smallest absolute Gasteiger partial charge is 0.185 e. The Labute approximate surface area is 90.4 Å². The summed E-state index contributed by atoms with van der Waals surface area (Å²) in [5, 5.41) is 0.